The third-order valence-corrected chi connectivity index (χ3v) is 3.32. The SMILES string of the molecule is C#CCn1ccn2nc(C3CCOCC3)cc12. The molecular formula is C13H15N3O. The molecule has 0 amide bonds. The summed E-state index contributed by atoms with van der Waals surface area (Å²) >= 11 is 0. The lowest BCUT2D eigenvalue weighted by Gasteiger charge is -2.19. The smallest absolute Gasteiger partial charge is 0.136 e. The number of hydrogen-bond acceptors (Lipinski definition) is 2. The first-order chi connectivity index (χ1) is 8.38. The van der Waals surface area contributed by atoms with Crippen LogP contribution in [0.2, 0.25) is 0 Å². The Morgan fingerprint density at radius 3 is 3.00 bits per heavy atom. The Morgan fingerprint density at radius 1 is 1.41 bits per heavy atom. The minimum Gasteiger partial charge on any atom is -0.381 e. The van der Waals surface area contributed by atoms with E-state index in [4.69, 9.17) is 11.2 Å². The van der Waals surface area contributed by atoms with E-state index in [2.05, 4.69) is 17.1 Å². The summed E-state index contributed by atoms with van der Waals surface area (Å²) in [5.74, 6) is 3.18. The predicted octanol–water partition coefficient (Wildman–Crippen LogP) is 1.66. The number of hydrogen-bond donors (Lipinski definition) is 0. The Balaban J connectivity index is 1.93. The maximum Gasteiger partial charge on any atom is 0.136 e. The van der Waals surface area contributed by atoms with Gasteiger partial charge in [-0.15, -0.1) is 6.42 Å². The van der Waals surface area contributed by atoms with Gasteiger partial charge in [-0.2, -0.15) is 5.10 Å². The van der Waals surface area contributed by atoms with Crippen LogP contribution in [0.5, 0.6) is 0 Å². The molecule has 0 spiro atoms. The van der Waals surface area contributed by atoms with Crippen molar-refractivity contribution >= 4 is 5.65 Å². The highest BCUT2D eigenvalue weighted by atomic mass is 16.5. The molecule has 0 unspecified atom stereocenters. The van der Waals surface area contributed by atoms with E-state index in [9.17, 15) is 0 Å². The van der Waals surface area contributed by atoms with Crippen LogP contribution in [-0.4, -0.2) is 27.4 Å². The molecule has 3 heterocycles. The summed E-state index contributed by atoms with van der Waals surface area (Å²) in [6.07, 6.45) is 11.4. The molecule has 2 aromatic heterocycles. The molecule has 88 valence electrons. The molecule has 0 atom stereocenters. The molecule has 4 heteroatoms. The topological polar surface area (TPSA) is 31.5 Å². The van der Waals surface area contributed by atoms with Gasteiger partial charge in [-0.1, -0.05) is 5.92 Å². The van der Waals surface area contributed by atoms with E-state index in [0.717, 1.165) is 37.4 Å². The summed E-state index contributed by atoms with van der Waals surface area (Å²) in [7, 11) is 0. The Bertz CT molecular complexity index is 555. The van der Waals surface area contributed by atoms with Crippen LogP contribution in [0.3, 0.4) is 0 Å². The van der Waals surface area contributed by atoms with Gasteiger partial charge in [-0.3, -0.25) is 0 Å². The third kappa shape index (κ3) is 1.83. The minimum atomic E-state index is 0.530. The van der Waals surface area contributed by atoms with Crippen molar-refractivity contribution in [3.8, 4) is 12.3 Å². The van der Waals surface area contributed by atoms with Crippen LogP contribution in [0.15, 0.2) is 18.5 Å². The average molecular weight is 229 g/mol. The van der Waals surface area contributed by atoms with E-state index in [1.165, 1.54) is 0 Å². The third-order valence-electron chi connectivity index (χ3n) is 3.32. The second-order valence-electron chi connectivity index (χ2n) is 4.39. The zero-order chi connectivity index (χ0) is 11.7. The van der Waals surface area contributed by atoms with Crippen molar-refractivity contribution in [1.82, 2.24) is 14.2 Å². The Kier molecular flexibility index (Phi) is 2.62. The average Bonchev–Trinajstić information content (AvgIpc) is 2.93. The molecule has 17 heavy (non-hydrogen) atoms. The van der Waals surface area contributed by atoms with Gasteiger partial charge in [0.05, 0.1) is 12.2 Å². The van der Waals surface area contributed by atoms with E-state index in [1.54, 1.807) is 0 Å². The fraction of sp³-hybridized carbons (Fsp3) is 0.462. The standard InChI is InChI=1S/C13H15N3O/c1-2-5-15-6-7-16-13(15)10-12(14-16)11-3-8-17-9-4-11/h1,6-7,10-11H,3-5,8-9H2. The molecule has 0 aliphatic carbocycles. The first-order valence-electron chi connectivity index (χ1n) is 5.94. The second-order valence-corrected chi connectivity index (χ2v) is 4.39. The molecular weight excluding hydrogens is 214 g/mol. The number of ether oxygens (including phenoxy) is 1. The second kappa shape index (κ2) is 4.27. The molecule has 4 nitrogen and oxygen atoms in total. The summed E-state index contributed by atoms with van der Waals surface area (Å²) in [6.45, 7) is 2.28. The van der Waals surface area contributed by atoms with Crippen LogP contribution >= 0.6 is 0 Å². The van der Waals surface area contributed by atoms with E-state index in [-0.39, 0.29) is 0 Å². The van der Waals surface area contributed by atoms with Crippen molar-refractivity contribution in [2.24, 2.45) is 0 Å². The largest absolute Gasteiger partial charge is 0.381 e. The van der Waals surface area contributed by atoms with Crippen LogP contribution in [0.4, 0.5) is 0 Å². The lowest BCUT2D eigenvalue weighted by Crippen LogP contribution is -2.14. The first kappa shape index (κ1) is 10.4. The molecule has 2 aromatic rings. The lowest BCUT2D eigenvalue weighted by molar-refractivity contribution is 0.0844. The minimum absolute atomic E-state index is 0.530. The monoisotopic (exact) mass is 229 g/mol. The quantitative estimate of drug-likeness (QED) is 0.733. The van der Waals surface area contributed by atoms with Gasteiger partial charge in [-0.25, -0.2) is 4.52 Å². The zero-order valence-electron chi connectivity index (χ0n) is 9.67. The molecule has 1 fully saturated rings. The molecule has 0 radical (unpaired) electrons. The molecule has 0 aromatic carbocycles. The van der Waals surface area contributed by atoms with Crippen LogP contribution in [0, 0.1) is 12.3 Å². The van der Waals surface area contributed by atoms with Gasteiger partial charge >= 0.3 is 0 Å². The molecule has 0 saturated carbocycles. The van der Waals surface area contributed by atoms with Gasteiger partial charge in [0, 0.05) is 37.6 Å². The van der Waals surface area contributed by atoms with Crippen LogP contribution in [0.25, 0.3) is 5.65 Å². The highest BCUT2D eigenvalue weighted by Crippen LogP contribution is 2.26. The van der Waals surface area contributed by atoms with Gasteiger partial charge in [0.25, 0.3) is 0 Å². The van der Waals surface area contributed by atoms with Crippen molar-refractivity contribution in [1.29, 1.82) is 0 Å². The number of nitrogens with zero attached hydrogens (tertiary/aromatic N) is 3. The van der Waals surface area contributed by atoms with Crippen LogP contribution in [-0.2, 0) is 11.3 Å². The van der Waals surface area contributed by atoms with Gasteiger partial charge in [0.2, 0.25) is 0 Å². The first-order valence-corrected chi connectivity index (χ1v) is 5.94. The summed E-state index contributed by atoms with van der Waals surface area (Å²) < 4.78 is 9.32. The number of imidazole rings is 1. The fourth-order valence-electron chi connectivity index (χ4n) is 2.37. The van der Waals surface area contributed by atoms with E-state index in [0.29, 0.717) is 12.5 Å². The Morgan fingerprint density at radius 2 is 2.24 bits per heavy atom. The fourth-order valence-corrected chi connectivity index (χ4v) is 2.37. The molecule has 0 bridgehead atoms. The van der Waals surface area contributed by atoms with E-state index in [1.807, 2.05) is 21.5 Å². The van der Waals surface area contributed by atoms with Gasteiger partial charge in [0.15, 0.2) is 0 Å². The highest BCUT2D eigenvalue weighted by Gasteiger charge is 2.19. The molecule has 0 N–H and O–H groups in total. The highest BCUT2D eigenvalue weighted by molar-refractivity contribution is 5.42. The predicted molar refractivity (Wildman–Crippen MR) is 64.8 cm³/mol. The van der Waals surface area contributed by atoms with E-state index >= 15 is 0 Å². The normalized spacial score (nSPS) is 17.4. The van der Waals surface area contributed by atoms with Gasteiger partial charge in [-0.05, 0) is 12.8 Å². The molecule has 1 saturated heterocycles. The van der Waals surface area contributed by atoms with E-state index < -0.39 is 0 Å². The Labute approximate surface area is 100 Å². The summed E-state index contributed by atoms with van der Waals surface area (Å²) in [5, 5.41) is 4.61. The number of terminal acetylenes is 1. The van der Waals surface area contributed by atoms with Gasteiger partial charge in [0.1, 0.15) is 5.65 Å². The Hall–Kier alpha value is -1.73. The molecule has 3 rings (SSSR count). The zero-order valence-corrected chi connectivity index (χ0v) is 9.67. The number of rotatable bonds is 2. The summed E-state index contributed by atoms with van der Waals surface area (Å²) in [5.41, 5.74) is 2.24. The summed E-state index contributed by atoms with van der Waals surface area (Å²) in [6, 6.07) is 2.15. The van der Waals surface area contributed by atoms with Crippen molar-refractivity contribution in [2.45, 2.75) is 25.3 Å². The maximum absolute atomic E-state index is 5.37. The lowest BCUT2D eigenvalue weighted by atomic mass is 9.97. The van der Waals surface area contributed by atoms with Crippen LogP contribution < -0.4 is 0 Å². The van der Waals surface area contributed by atoms with Crippen molar-refractivity contribution in [2.75, 3.05) is 13.2 Å². The summed E-state index contributed by atoms with van der Waals surface area (Å²) in [4.78, 5) is 0. The maximum atomic E-state index is 5.37. The number of fused-ring (bicyclic) bond motifs is 1. The molecule has 1 aliphatic rings. The van der Waals surface area contributed by atoms with Crippen molar-refractivity contribution < 1.29 is 4.74 Å². The van der Waals surface area contributed by atoms with Crippen molar-refractivity contribution in [3.05, 3.63) is 24.2 Å². The van der Waals surface area contributed by atoms with Crippen LogP contribution in [0.1, 0.15) is 24.5 Å². The molecule has 1 aliphatic heterocycles. The number of aromatic nitrogens is 3. The van der Waals surface area contributed by atoms with Gasteiger partial charge < -0.3 is 9.30 Å². The van der Waals surface area contributed by atoms with Crippen molar-refractivity contribution in [3.63, 3.8) is 0 Å².